The number of benzene rings is 3. The van der Waals surface area contributed by atoms with Gasteiger partial charge in [0.25, 0.3) is 0 Å². The highest BCUT2D eigenvalue weighted by Crippen LogP contribution is 2.41. The van der Waals surface area contributed by atoms with Crippen LogP contribution in [0.5, 0.6) is 11.5 Å². The van der Waals surface area contributed by atoms with Crippen LogP contribution in [0, 0.1) is 11.8 Å². The second kappa shape index (κ2) is 26.5. The van der Waals surface area contributed by atoms with E-state index in [-0.39, 0.29) is 57.8 Å². The van der Waals surface area contributed by atoms with E-state index < -0.39 is 70.8 Å². The van der Waals surface area contributed by atoms with Crippen LogP contribution in [0.1, 0.15) is 129 Å². The summed E-state index contributed by atoms with van der Waals surface area (Å²) in [5.74, 6) is -4.19. The molecular weight excluding hydrogens is 899 g/mol. The topological polar surface area (TPSA) is 202 Å². The zero-order valence-electron chi connectivity index (χ0n) is 42.6. The van der Waals surface area contributed by atoms with Crippen molar-refractivity contribution in [1.29, 1.82) is 0 Å². The van der Waals surface area contributed by atoms with Crippen LogP contribution in [-0.2, 0) is 60.7 Å². The van der Waals surface area contributed by atoms with E-state index in [0.29, 0.717) is 66.0 Å². The summed E-state index contributed by atoms with van der Waals surface area (Å²) in [5.41, 5.74) is 1.51. The molecule has 1 aliphatic heterocycles. The number of alkyl carbamates (subject to hydrolysis) is 1. The number of fused-ring (bicyclic) bond motifs is 5. The molecule has 4 rings (SSSR count). The molecule has 0 saturated carbocycles. The summed E-state index contributed by atoms with van der Waals surface area (Å²) in [6.07, 6.45) is 1.50. The van der Waals surface area contributed by atoms with Gasteiger partial charge in [0.1, 0.15) is 48.0 Å². The standard InChI is InChI=1S/C54H73N3O13/c1-11-27-66-45-25-23-38-32-41(45)40-30-37(22-24-44(40)67-28-26-55-52(64)70-54(6,7)8)31-42(51(63)65-10)56-49(61)35(2)29-43(58)48(38)57(9)50(62)39(20-16-13-17-21-46(59)69-53(3,4)5)33-47(60)68-34-36-18-14-12-15-19-36/h12,14-15,18-19,22-25,30,32,35,39,42,48H,11,13,16-17,20-21,26-29,31,33-34H2,1-10H3,(H,55,64)(H,56,61)/t35-,39-,42+,48+/m1/s1. The van der Waals surface area contributed by atoms with Crippen molar-refractivity contribution in [3.63, 3.8) is 0 Å². The number of amides is 3. The molecule has 70 heavy (non-hydrogen) atoms. The number of Topliss-reactive ketones (excluding diaryl/α,β-unsaturated/α-hetero) is 1. The molecule has 2 N–H and O–H groups in total. The fourth-order valence-corrected chi connectivity index (χ4v) is 7.91. The minimum Gasteiger partial charge on any atom is -0.493 e. The lowest BCUT2D eigenvalue weighted by atomic mass is 9.88. The van der Waals surface area contributed by atoms with E-state index in [4.69, 9.17) is 28.4 Å². The maximum absolute atomic E-state index is 14.9. The van der Waals surface area contributed by atoms with Gasteiger partial charge in [-0.3, -0.25) is 24.0 Å². The molecule has 3 aromatic carbocycles. The van der Waals surface area contributed by atoms with Crippen molar-refractivity contribution in [1.82, 2.24) is 15.5 Å². The van der Waals surface area contributed by atoms with Crippen LogP contribution in [-0.4, -0.2) is 97.7 Å². The summed E-state index contributed by atoms with van der Waals surface area (Å²) in [6, 6.07) is 17.3. The number of nitrogens with one attached hydrogen (secondary N) is 2. The molecule has 0 spiro atoms. The summed E-state index contributed by atoms with van der Waals surface area (Å²) in [4.78, 5) is 96.5. The normalized spacial score (nSPS) is 16.6. The highest BCUT2D eigenvalue weighted by Gasteiger charge is 2.36. The lowest BCUT2D eigenvalue weighted by Gasteiger charge is -2.32. The van der Waals surface area contributed by atoms with Crippen LogP contribution in [0.2, 0.25) is 0 Å². The van der Waals surface area contributed by atoms with E-state index in [2.05, 4.69) is 10.6 Å². The highest BCUT2D eigenvalue weighted by molar-refractivity contribution is 5.95. The summed E-state index contributed by atoms with van der Waals surface area (Å²) < 4.78 is 34.2. The number of ether oxygens (including phenoxy) is 6. The van der Waals surface area contributed by atoms with Crippen molar-refractivity contribution in [3.8, 4) is 22.6 Å². The van der Waals surface area contributed by atoms with E-state index in [1.165, 1.54) is 19.1 Å². The first-order valence-electron chi connectivity index (χ1n) is 24.2. The second-order valence-corrected chi connectivity index (χ2v) is 19.7. The van der Waals surface area contributed by atoms with E-state index in [1.54, 1.807) is 84.9 Å². The molecular formula is C54H73N3O13. The van der Waals surface area contributed by atoms with Crippen LogP contribution >= 0.6 is 0 Å². The Morgan fingerprint density at radius 3 is 2.11 bits per heavy atom. The Labute approximate surface area is 412 Å². The summed E-state index contributed by atoms with van der Waals surface area (Å²) >= 11 is 0. The van der Waals surface area contributed by atoms with Gasteiger partial charge in [-0.2, -0.15) is 0 Å². The monoisotopic (exact) mass is 972 g/mol. The number of rotatable bonds is 20. The van der Waals surface area contributed by atoms with Crippen LogP contribution in [0.25, 0.3) is 11.1 Å². The molecule has 0 radical (unpaired) electrons. The Bertz CT molecular complexity index is 2270. The van der Waals surface area contributed by atoms with Crippen molar-refractivity contribution in [2.24, 2.45) is 11.8 Å². The quantitative estimate of drug-likeness (QED) is 0.0622. The number of methoxy groups -OCH3 is 1. The molecule has 1 heterocycles. The molecule has 4 bridgehead atoms. The second-order valence-electron chi connectivity index (χ2n) is 19.7. The van der Waals surface area contributed by atoms with Gasteiger partial charge in [0, 0.05) is 49.3 Å². The number of carbonyl (C=O) groups excluding carboxylic acids is 7. The fourth-order valence-electron chi connectivity index (χ4n) is 7.91. The van der Waals surface area contributed by atoms with Gasteiger partial charge in [0.15, 0.2) is 5.78 Å². The Morgan fingerprint density at radius 2 is 1.46 bits per heavy atom. The van der Waals surface area contributed by atoms with E-state index in [1.807, 2.05) is 37.3 Å². The van der Waals surface area contributed by atoms with Gasteiger partial charge in [-0.05, 0) is 102 Å². The summed E-state index contributed by atoms with van der Waals surface area (Å²) in [7, 11) is 2.73. The molecule has 0 aromatic heterocycles. The first-order valence-corrected chi connectivity index (χ1v) is 24.2. The zero-order valence-corrected chi connectivity index (χ0v) is 42.6. The minimum atomic E-state index is -1.26. The number of nitrogens with zero attached hydrogens (tertiary/aromatic N) is 1. The molecule has 3 aromatic rings. The first kappa shape index (κ1) is 56.1. The van der Waals surface area contributed by atoms with Gasteiger partial charge >= 0.3 is 24.0 Å². The molecule has 16 nitrogen and oxygen atoms in total. The van der Waals surface area contributed by atoms with Crippen LogP contribution in [0.4, 0.5) is 4.79 Å². The van der Waals surface area contributed by atoms with Crippen LogP contribution in [0.15, 0.2) is 66.7 Å². The molecule has 382 valence electrons. The SMILES string of the molecule is CCCOc1ccc2cc1-c1cc(ccc1OCCNC(=O)OC(C)(C)C)C[C@@H](C(=O)OC)NC(=O)[C@H](C)CC(=O)[C@H]2N(C)C(=O)[C@H](CCCCCC(=O)OC(C)(C)C)CC(=O)OCc1ccccc1. The average molecular weight is 972 g/mol. The van der Waals surface area contributed by atoms with Gasteiger partial charge in [0.2, 0.25) is 11.8 Å². The molecule has 0 aliphatic carbocycles. The van der Waals surface area contributed by atoms with Crippen molar-refractivity contribution in [2.45, 2.75) is 143 Å². The predicted octanol–water partition coefficient (Wildman–Crippen LogP) is 8.40. The predicted molar refractivity (Wildman–Crippen MR) is 263 cm³/mol. The maximum Gasteiger partial charge on any atom is 0.407 e. The lowest BCUT2D eigenvalue weighted by Crippen LogP contribution is -2.46. The fraction of sp³-hybridized carbons (Fsp3) is 0.537. The highest BCUT2D eigenvalue weighted by atomic mass is 16.6. The average Bonchev–Trinajstić information content (AvgIpc) is 3.29. The Balaban J connectivity index is 1.79. The van der Waals surface area contributed by atoms with Gasteiger partial charge in [-0.15, -0.1) is 0 Å². The molecule has 4 atom stereocenters. The number of hydrogen-bond acceptors (Lipinski definition) is 13. The minimum absolute atomic E-state index is 0.00654. The van der Waals surface area contributed by atoms with E-state index in [0.717, 1.165) is 5.56 Å². The Kier molecular flexibility index (Phi) is 21.3. The van der Waals surface area contributed by atoms with E-state index in [9.17, 15) is 33.6 Å². The van der Waals surface area contributed by atoms with E-state index >= 15 is 0 Å². The summed E-state index contributed by atoms with van der Waals surface area (Å²) in [5, 5.41) is 5.47. The molecule has 0 saturated heterocycles. The number of ketones is 1. The van der Waals surface area contributed by atoms with Crippen molar-refractivity contribution >= 4 is 41.6 Å². The molecule has 0 unspecified atom stereocenters. The van der Waals surface area contributed by atoms with Crippen molar-refractivity contribution < 1.29 is 62.0 Å². The number of likely N-dealkylation sites (N-methyl/N-ethyl adjacent to an activating group) is 1. The lowest BCUT2D eigenvalue weighted by molar-refractivity contribution is -0.155. The van der Waals surface area contributed by atoms with Gasteiger partial charge < -0.3 is 44.0 Å². The number of unbranched alkanes of at least 4 members (excludes halogenated alkanes) is 2. The van der Waals surface area contributed by atoms with Gasteiger partial charge in [-0.1, -0.05) is 69.2 Å². The van der Waals surface area contributed by atoms with Crippen molar-refractivity contribution in [2.75, 3.05) is 33.9 Å². The third-order valence-electron chi connectivity index (χ3n) is 11.2. The van der Waals surface area contributed by atoms with Gasteiger partial charge in [-0.25, -0.2) is 9.59 Å². The van der Waals surface area contributed by atoms with Crippen LogP contribution < -0.4 is 20.1 Å². The molecule has 0 fully saturated rings. The number of hydrogen-bond donors (Lipinski definition) is 2. The smallest absolute Gasteiger partial charge is 0.407 e. The third kappa shape index (κ3) is 18.1. The maximum atomic E-state index is 14.9. The Hall–Kier alpha value is -6.45. The molecule has 3 amide bonds. The Morgan fingerprint density at radius 1 is 0.800 bits per heavy atom. The number of esters is 3. The number of carbonyl (C=O) groups is 7. The van der Waals surface area contributed by atoms with Crippen molar-refractivity contribution in [3.05, 3.63) is 83.4 Å². The van der Waals surface area contributed by atoms with Crippen LogP contribution in [0.3, 0.4) is 0 Å². The molecule has 1 aliphatic rings. The largest absolute Gasteiger partial charge is 0.493 e. The zero-order chi connectivity index (χ0) is 51.6. The van der Waals surface area contributed by atoms with Gasteiger partial charge in [0.05, 0.1) is 26.7 Å². The molecule has 16 heteroatoms. The first-order chi connectivity index (χ1) is 33.1. The summed E-state index contributed by atoms with van der Waals surface area (Å²) in [6.45, 7) is 14.7. The third-order valence-corrected chi connectivity index (χ3v) is 11.2.